The summed E-state index contributed by atoms with van der Waals surface area (Å²) in [6.45, 7) is 1.94. The van der Waals surface area contributed by atoms with E-state index in [-0.39, 0.29) is 11.9 Å². The molecule has 124 valence electrons. The highest BCUT2D eigenvalue weighted by Gasteiger charge is 2.22. The summed E-state index contributed by atoms with van der Waals surface area (Å²) in [5.41, 5.74) is 1.38. The van der Waals surface area contributed by atoms with Gasteiger partial charge in [-0.2, -0.15) is 0 Å². The topological polar surface area (TPSA) is 50.5 Å². The Morgan fingerprint density at radius 2 is 1.79 bits per heavy atom. The molecule has 1 heterocycles. The molecule has 0 saturated carbocycles. The van der Waals surface area contributed by atoms with Gasteiger partial charge in [-0.25, -0.2) is 0 Å². The summed E-state index contributed by atoms with van der Waals surface area (Å²) < 4.78 is 17.3. The Kier molecular flexibility index (Phi) is 4.53. The van der Waals surface area contributed by atoms with Gasteiger partial charge >= 0.3 is 0 Å². The minimum Gasteiger partial charge on any atom is -0.459 e. The molecule has 1 amide bonds. The van der Waals surface area contributed by atoms with Gasteiger partial charge < -0.3 is 9.32 Å². The number of hydrogen-bond acceptors (Lipinski definition) is 3. The quantitative estimate of drug-likeness (QED) is 0.720. The smallest absolute Gasteiger partial charge is 0.254 e. The molecule has 2 unspecified atom stereocenters. The highest BCUT2D eigenvalue weighted by molar-refractivity contribution is 7.84. The summed E-state index contributed by atoms with van der Waals surface area (Å²) in [4.78, 5) is 15.0. The molecule has 3 aromatic rings. The van der Waals surface area contributed by atoms with Crippen molar-refractivity contribution in [3.05, 3.63) is 65.9 Å². The molecular weight excluding hydrogens is 322 g/mol. The predicted octanol–water partition coefficient (Wildman–Crippen LogP) is 4.00. The van der Waals surface area contributed by atoms with E-state index in [4.69, 9.17) is 4.42 Å². The lowest BCUT2D eigenvalue weighted by atomic mass is 10.1. The van der Waals surface area contributed by atoms with E-state index in [2.05, 4.69) is 0 Å². The number of nitrogens with zero attached hydrogens (tertiary/aromatic N) is 1. The molecule has 5 heteroatoms. The van der Waals surface area contributed by atoms with Crippen LogP contribution < -0.4 is 0 Å². The van der Waals surface area contributed by atoms with E-state index in [9.17, 15) is 9.00 Å². The van der Waals surface area contributed by atoms with Crippen LogP contribution in [0.4, 0.5) is 0 Å². The number of carbonyl (C=O) groups is 1. The Morgan fingerprint density at radius 3 is 2.42 bits per heavy atom. The third-order valence-corrected chi connectivity index (χ3v) is 5.13. The Bertz CT molecular complexity index is 865. The molecule has 0 aliphatic heterocycles. The monoisotopic (exact) mass is 341 g/mol. The fourth-order valence-electron chi connectivity index (χ4n) is 2.57. The second-order valence-corrected chi connectivity index (χ2v) is 7.14. The molecule has 4 nitrogen and oxygen atoms in total. The molecule has 0 aliphatic carbocycles. The summed E-state index contributed by atoms with van der Waals surface area (Å²) >= 11 is 0. The molecule has 24 heavy (non-hydrogen) atoms. The van der Waals surface area contributed by atoms with Gasteiger partial charge in [0.15, 0.2) is 0 Å². The van der Waals surface area contributed by atoms with Crippen molar-refractivity contribution in [1.82, 2.24) is 4.90 Å². The van der Waals surface area contributed by atoms with Crippen molar-refractivity contribution in [3.63, 3.8) is 0 Å². The normalized spacial score (nSPS) is 13.6. The lowest BCUT2D eigenvalue weighted by Gasteiger charge is -2.23. The first-order valence-corrected chi connectivity index (χ1v) is 9.22. The molecule has 2 aromatic carbocycles. The number of benzene rings is 2. The molecule has 0 aliphatic rings. The fourth-order valence-corrected chi connectivity index (χ4v) is 3.09. The average molecular weight is 341 g/mol. The maximum Gasteiger partial charge on any atom is 0.254 e. The molecule has 1 aromatic heterocycles. The highest BCUT2D eigenvalue weighted by Crippen LogP contribution is 2.27. The molecule has 0 saturated heterocycles. The zero-order chi connectivity index (χ0) is 17.3. The minimum absolute atomic E-state index is 0.101. The van der Waals surface area contributed by atoms with Crippen molar-refractivity contribution >= 4 is 27.7 Å². The lowest BCUT2D eigenvalue weighted by molar-refractivity contribution is 0.0727. The van der Waals surface area contributed by atoms with Crippen LogP contribution >= 0.6 is 0 Å². The van der Waals surface area contributed by atoms with E-state index in [0.29, 0.717) is 10.5 Å². The van der Waals surface area contributed by atoms with Crippen LogP contribution in [0.25, 0.3) is 11.0 Å². The van der Waals surface area contributed by atoms with Crippen LogP contribution in [0.2, 0.25) is 0 Å². The molecule has 0 N–H and O–H groups in total. The zero-order valence-corrected chi connectivity index (χ0v) is 14.7. The third kappa shape index (κ3) is 3.12. The van der Waals surface area contributed by atoms with E-state index in [1.807, 2.05) is 37.3 Å². The Hall–Kier alpha value is -2.40. The molecule has 2 atom stereocenters. The van der Waals surface area contributed by atoms with Gasteiger partial charge in [0, 0.05) is 39.9 Å². The summed E-state index contributed by atoms with van der Waals surface area (Å²) in [5.74, 6) is 0.648. The zero-order valence-electron chi connectivity index (χ0n) is 13.9. The number of fused-ring (bicyclic) bond motifs is 1. The number of hydrogen-bond donors (Lipinski definition) is 0. The summed E-state index contributed by atoms with van der Waals surface area (Å²) in [6.07, 6.45) is 1.62. The van der Waals surface area contributed by atoms with E-state index in [1.165, 1.54) is 0 Å². The van der Waals surface area contributed by atoms with Crippen LogP contribution in [0.5, 0.6) is 0 Å². The van der Waals surface area contributed by atoms with Gasteiger partial charge in [0.2, 0.25) is 0 Å². The molecule has 0 fully saturated rings. The van der Waals surface area contributed by atoms with Crippen molar-refractivity contribution in [2.75, 3.05) is 13.3 Å². The SMILES string of the molecule is CC(c1cc2ccccc2o1)N(C)C(=O)c1ccc(S(C)=O)cc1. The standard InChI is InChI=1S/C19H19NO3S/c1-13(18-12-15-6-4-5-7-17(15)23-18)20(2)19(21)14-8-10-16(11-9-14)24(3)22/h4-13H,1-3H3. The molecule has 0 bridgehead atoms. The summed E-state index contributed by atoms with van der Waals surface area (Å²) in [7, 11) is 0.707. The van der Waals surface area contributed by atoms with Gasteiger partial charge in [0.1, 0.15) is 11.3 Å². The predicted molar refractivity (Wildman–Crippen MR) is 95.5 cm³/mol. The van der Waals surface area contributed by atoms with Crippen molar-refractivity contribution < 1.29 is 13.4 Å². The maximum atomic E-state index is 12.7. The second kappa shape index (κ2) is 6.61. The second-order valence-electron chi connectivity index (χ2n) is 5.76. The summed E-state index contributed by atoms with van der Waals surface area (Å²) in [5, 5.41) is 1.02. The first-order chi connectivity index (χ1) is 11.5. The number of amides is 1. The Labute approximate surface area is 143 Å². The lowest BCUT2D eigenvalue weighted by Crippen LogP contribution is -2.29. The first-order valence-electron chi connectivity index (χ1n) is 7.66. The maximum absolute atomic E-state index is 12.7. The number of carbonyl (C=O) groups excluding carboxylic acids is 1. The summed E-state index contributed by atoms with van der Waals surface area (Å²) in [6, 6.07) is 16.4. The van der Waals surface area contributed by atoms with Crippen LogP contribution in [0.3, 0.4) is 0 Å². The van der Waals surface area contributed by atoms with E-state index < -0.39 is 10.8 Å². The number of para-hydroxylation sites is 1. The van der Waals surface area contributed by atoms with Crippen LogP contribution in [-0.4, -0.2) is 28.3 Å². The first kappa shape index (κ1) is 16.5. The van der Waals surface area contributed by atoms with E-state index in [0.717, 1.165) is 16.7 Å². The van der Waals surface area contributed by atoms with Crippen molar-refractivity contribution in [2.24, 2.45) is 0 Å². The fraction of sp³-hybridized carbons (Fsp3) is 0.211. The molecule has 3 rings (SSSR count). The van der Waals surface area contributed by atoms with Gasteiger partial charge in [0.25, 0.3) is 5.91 Å². The third-order valence-electron chi connectivity index (χ3n) is 4.19. The minimum atomic E-state index is -1.05. The number of furan rings is 1. The van der Waals surface area contributed by atoms with Crippen molar-refractivity contribution in [2.45, 2.75) is 17.9 Å². The van der Waals surface area contributed by atoms with Crippen LogP contribution in [0, 0.1) is 0 Å². The van der Waals surface area contributed by atoms with Gasteiger partial charge in [-0.3, -0.25) is 9.00 Å². The van der Waals surface area contributed by atoms with E-state index in [1.54, 1.807) is 42.5 Å². The van der Waals surface area contributed by atoms with Gasteiger partial charge in [-0.05, 0) is 43.3 Å². The molecule has 0 radical (unpaired) electrons. The molecular formula is C19H19NO3S. The van der Waals surface area contributed by atoms with Crippen LogP contribution in [0.15, 0.2) is 63.9 Å². The highest BCUT2D eigenvalue weighted by atomic mass is 32.2. The average Bonchev–Trinajstić information content (AvgIpc) is 3.04. The number of rotatable bonds is 4. The van der Waals surface area contributed by atoms with Gasteiger partial charge in [0.05, 0.1) is 6.04 Å². The van der Waals surface area contributed by atoms with Gasteiger partial charge in [-0.1, -0.05) is 18.2 Å². The molecule has 0 spiro atoms. The van der Waals surface area contributed by atoms with E-state index >= 15 is 0 Å². The van der Waals surface area contributed by atoms with Gasteiger partial charge in [-0.15, -0.1) is 0 Å². The Morgan fingerprint density at radius 1 is 1.12 bits per heavy atom. The van der Waals surface area contributed by atoms with Crippen LogP contribution in [0.1, 0.15) is 29.1 Å². The Balaban J connectivity index is 1.82. The largest absolute Gasteiger partial charge is 0.459 e. The van der Waals surface area contributed by atoms with Crippen molar-refractivity contribution in [3.8, 4) is 0 Å². The van der Waals surface area contributed by atoms with Crippen LogP contribution in [-0.2, 0) is 10.8 Å². The van der Waals surface area contributed by atoms with Crippen molar-refractivity contribution in [1.29, 1.82) is 0 Å².